The van der Waals surface area contributed by atoms with Gasteiger partial charge in [0, 0.05) is 6.54 Å². The summed E-state index contributed by atoms with van der Waals surface area (Å²) in [5.74, 6) is -0.263. The maximum Gasteiger partial charge on any atom is 0.264 e. The SMILES string of the molecule is CCCn1c(O)c(/C=N\Nc2ccc(S(=O)(=O)c3ccc(C)cc3)cc2)c(=O)[nH]c1=S. The van der Waals surface area contributed by atoms with Gasteiger partial charge in [0.15, 0.2) is 4.77 Å². The molecular weight excluding hydrogens is 436 g/mol. The zero-order chi connectivity index (χ0) is 22.6. The summed E-state index contributed by atoms with van der Waals surface area (Å²) in [5, 5.41) is 14.3. The number of rotatable bonds is 7. The molecule has 3 N–H and O–H groups in total. The molecule has 2 aromatic carbocycles. The minimum absolute atomic E-state index is 0.0341. The second-order valence-electron chi connectivity index (χ2n) is 6.86. The van der Waals surface area contributed by atoms with E-state index in [-0.39, 0.29) is 26.0 Å². The Hall–Kier alpha value is -3.24. The highest BCUT2D eigenvalue weighted by Crippen LogP contribution is 2.22. The summed E-state index contributed by atoms with van der Waals surface area (Å²) in [6.45, 7) is 4.26. The summed E-state index contributed by atoms with van der Waals surface area (Å²) in [5.41, 5.74) is 3.61. The van der Waals surface area contributed by atoms with Crippen LogP contribution in [0.5, 0.6) is 5.88 Å². The Kier molecular flexibility index (Phi) is 6.71. The van der Waals surface area contributed by atoms with Crippen molar-refractivity contribution in [1.29, 1.82) is 0 Å². The summed E-state index contributed by atoms with van der Waals surface area (Å²) in [4.78, 5) is 15.0. The second kappa shape index (κ2) is 9.27. The highest BCUT2D eigenvalue weighted by Gasteiger charge is 2.17. The first-order valence-electron chi connectivity index (χ1n) is 9.51. The van der Waals surface area contributed by atoms with Crippen molar-refractivity contribution in [2.75, 3.05) is 5.43 Å². The van der Waals surface area contributed by atoms with Crippen LogP contribution in [0, 0.1) is 11.7 Å². The zero-order valence-corrected chi connectivity index (χ0v) is 18.6. The molecular formula is C21H22N4O4S2. The van der Waals surface area contributed by atoms with E-state index in [1.807, 2.05) is 13.8 Å². The number of H-pyrrole nitrogens is 1. The largest absolute Gasteiger partial charge is 0.494 e. The smallest absolute Gasteiger partial charge is 0.264 e. The Morgan fingerprint density at radius 1 is 1.13 bits per heavy atom. The molecule has 0 atom stereocenters. The van der Waals surface area contributed by atoms with Gasteiger partial charge in [0.05, 0.1) is 21.7 Å². The number of hydrazone groups is 1. The van der Waals surface area contributed by atoms with Gasteiger partial charge in [0.1, 0.15) is 5.56 Å². The molecule has 10 heteroatoms. The van der Waals surface area contributed by atoms with Crippen LogP contribution in [-0.4, -0.2) is 29.3 Å². The quantitative estimate of drug-likeness (QED) is 0.283. The monoisotopic (exact) mass is 458 g/mol. The van der Waals surface area contributed by atoms with E-state index in [1.165, 1.54) is 22.9 Å². The highest BCUT2D eigenvalue weighted by atomic mass is 32.2. The Morgan fingerprint density at radius 3 is 2.29 bits per heavy atom. The summed E-state index contributed by atoms with van der Waals surface area (Å²) in [6, 6.07) is 12.7. The molecule has 3 rings (SSSR count). The lowest BCUT2D eigenvalue weighted by molar-refractivity contribution is 0.402. The van der Waals surface area contributed by atoms with Crippen LogP contribution in [-0.2, 0) is 16.4 Å². The first kappa shape index (κ1) is 22.4. The van der Waals surface area contributed by atoms with Crippen LogP contribution in [0.4, 0.5) is 5.69 Å². The van der Waals surface area contributed by atoms with E-state index in [2.05, 4.69) is 15.5 Å². The van der Waals surface area contributed by atoms with Crippen molar-refractivity contribution in [3.63, 3.8) is 0 Å². The van der Waals surface area contributed by atoms with Gasteiger partial charge in [0.25, 0.3) is 5.56 Å². The van der Waals surface area contributed by atoms with E-state index < -0.39 is 15.4 Å². The number of anilines is 1. The first-order valence-corrected chi connectivity index (χ1v) is 11.4. The van der Waals surface area contributed by atoms with E-state index in [9.17, 15) is 18.3 Å². The predicted molar refractivity (Wildman–Crippen MR) is 122 cm³/mol. The van der Waals surface area contributed by atoms with E-state index in [4.69, 9.17) is 12.2 Å². The normalized spacial score (nSPS) is 11.7. The number of aromatic nitrogens is 2. The number of aromatic amines is 1. The Morgan fingerprint density at radius 2 is 1.71 bits per heavy atom. The zero-order valence-electron chi connectivity index (χ0n) is 17.0. The summed E-state index contributed by atoms with van der Waals surface area (Å²) < 4.78 is 27.0. The van der Waals surface area contributed by atoms with Gasteiger partial charge in [-0.3, -0.25) is 19.8 Å². The average Bonchev–Trinajstić information content (AvgIpc) is 2.74. The van der Waals surface area contributed by atoms with Crippen molar-refractivity contribution in [3.05, 3.63) is 74.8 Å². The van der Waals surface area contributed by atoms with Gasteiger partial charge in [-0.15, -0.1) is 0 Å². The lowest BCUT2D eigenvalue weighted by Gasteiger charge is -2.09. The number of benzene rings is 2. The van der Waals surface area contributed by atoms with Gasteiger partial charge in [0.2, 0.25) is 15.7 Å². The van der Waals surface area contributed by atoms with Gasteiger partial charge < -0.3 is 5.11 Å². The molecule has 0 bridgehead atoms. The summed E-state index contributed by atoms with van der Waals surface area (Å²) >= 11 is 5.06. The molecule has 0 saturated carbocycles. The Balaban J connectivity index is 1.79. The van der Waals surface area contributed by atoms with Gasteiger partial charge in [-0.05, 0) is 62.0 Å². The molecule has 0 aliphatic rings. The molecule has 0 spiro atoms. The van der Waals surface area contributed by atoms with Crippen LogP contribution in [0.3, 0.4) is 0 Å². The fourth-order valence-electron chi connectivity index (χ4n) is 2.86. The van der Waals surface area contributed by atoms with Gasteiger partial charge >= 0.3 is 0 Å². The van der Waals surface area contributed by atoms with Gasteiger partial charge in [-0.25, -0.2) is 8.42 Å². The third-order valence-electron chi connectivity index (χ3n) is 4.54. The minimum Gasteiger partial charge on any atom is -0.494 e. The molecule has 1 heterocycles. The Labute approximate surface area is 184 Å². The maximum atomic E-state index is 12.7. The topological polar surface area (TPSA) is 117 Å². The molecule has 1 aromatic heterocycles. The molecule has 0 fully saturated rings. The number of hydrogen-bond acceptors (Lipinski definition) is 7. The Bertz CT molecular complexity index is 1320. The molecule has 0 aliphatic heterocycles. The number of nitrogens with zero attached hydrogens (tertiary/aromatic N) is 2. The van der Waals surface area contributed by atoms with Crippen molar-refractivity contribution in [2.45, 2.75) is 36.6 Å². The van der Waals surface area contributed by atoms with E-state index in [0.29, 0.717) is 12.2 Å². The fraction of sp³-hybridized carbons (Fsp3) is 0.190. The second-order valence-corrected chi connectivity index (χ2v) is 9.20. The predicted octanol–water partition coefficient (Wildman–Crippen LogP) is 3.61. The van der Waals surface area contributed by atoms with Crippen molar-refractivity contribution >= 4 is 34.0 Å². The average molecular weight is 459 g/mol. The number of aromatic hydroxyl groups is 1. The molecule has 162 valence electrons. The van der Waals surface area contributed by atoms with Gasteiger partial charge in [-0.2, -0.15) is 5.10 Å². The van der Waals surface area contributed by atoms with Crippen LogP contribution < -0.4 is 11.0 Å². The summed E-state index contributed by atoms with van der Waals surface area (Å²) in [6.07, 6.45) is 1.91. The minimum atomic E-state index is -3.62. The fourth-order valence-corrected chi connectivity index (χ4v) is 4.39. The standard InChI is InChI=1S/C21H22N4O4S2/c1-3-12-25-20(27)18(19(26)23-21(25)30)13-22-24-15-6-10-17(11-7-15)31(28,29)16-8-4-14(2)5-9-16/h4-11,13,24,27H,3,12H2,1-2H3,(H,23,26,30)/b22-13-. The molecule has 0 saturated heterocycles. The molecule has 0 unspecified atom stereocenters. The third kappa shape index (κ3) is 4.92. The maximum absolute atomic E-state index is 12.7. The van der Waals surface area contributed by atoms with E-state index in [1.54, 1.807) is 36.4 Å². The number of aryl methyl sites for hydroxylation is 1. The number of sulfone groups is 1. The van der Waals surface area contributed by atoms with Crippen LogP contribution >= 0.6 is 12.2 Å². The summed E-state index contributed by atoms with van der Waals surface area (Å²) in [7, 11) is -3.62. The van der Waals surface area contributed by atoms with Crippen LogP contribution in [0.15, 0.2) is 68.2 Å². The number of hydrogen-bond donors (Lipinski definition) is 3. The van der Waals surface area contributed by atoms with Crippen LogP contribution in [0.25, 0.3) is 0 Å². The molecule has 0 amide bonds. The van der Waals surface area contributed by atoms with E-state index >= 15 is 0 Å². The lowest BCUT2D eigenvalue weighted by Crippen LogP contribution is -2.19. The van der Waals surface area contributed by atoms with Crippen molar-refractivity contribution in [3.8, 4) is 5.88 Å². The molecule has 31 heavy (non-hydrogen) atoms. The molecule has 0 radical (unpaired) electrons. The van der Waals surface area contributed by atoms with Gasteiger partial charge in [-0.1, -0.05) is 24.6 Å². The van der Waals surface area contributed by atoms with Crippen LogP contribution in [0.1, 0.15) is 24.5 Å². The molecule has 0 aliphatic carbocycles. The number of nitrogens with one attached hydrogen (secondary N) is 2. The lowest BCUT2D eigenvalue weighted by atomic mass is 10.2. The first-order chi connectivity index (χ1) is 14.7. The van der Waals surface area contributed by atoms with Crippen molar-refractivity contribution < 1.29 is 13.5 Å². The van der Waals surface area contributed by atoms with Crippen molar-refractivity contribution in [2.24, 2.45) is 5.10 Å². The molecule has 3 aromatic rings. The van der Waals surface area contributed by atoms with Crippen molar-refractivity contribution in [1.82, 2.24) is 9.55 Å². The molecule has 8 nitrogen and oxygen atoms in total. The highest BCUT2D eigenvalue weighted by molar-refractivity contribution is 7.91. The van der Waals surface area contributed by atoms with E-state index in [0.717, 1.165) is 12.0 Å². The third-order valence-corrected chi connectivity index (χ3v) is 6.65. The van der Waals surface area contributed by atoms with Crippen LogP contribution in [0.2, 0.25) is 0 Å².